The van der Waals surface area contributed by atoms with E-state index in [2.05, 4.69) is 40.0 Å². The molecular formula is C16H26ClN3O2S. The summed E-state index contributed by atoms with van der Waals surface area (Å²) < 4.78 is 5.45. The Morgan fingerprint density at radius 2 is 2.26 bits per heavy atom. The molecule has 5 nitrogen and oxygen atoms in total. The van der Waals surface area contributed by atoms with Gasteiger partial charge in [-0.15, -0.1) is 23.7 Å². The molecule has 1 aromatic rings. The van der Waals surface area contributed by atoms with E-state index >= 15 is 0 Å². The summed E-state index contributed by atoms with van der Waals surface area (Å²) in [7, 11) is 0. The highest BCUT2D eigenvalue weighted by Gasteiger charge is 2.31. The monoisotopic (exact) mass is 359 g/mol. The maximum Gasteiger partial charge on any atom is 0.224 e. The molecule has 23 heavy (non-hydrogen) atoms. The van der Waals surface area contributed by atoms with Crippen LogP contribution in [0.1, 0.15) is 17.8 Å². The largest absolute Gasteiger partial charge is 0.379 e. The topological polar surface area (TPSA) is 53.6 Å². The third kappa shape index (κ3) is 4.67. The first-order valence-electron chi connectivity index (χ1n) is 8.09. The first kappa shape index (κ1) is 18.7. The van der Waals surface area contributed by atoms with Gasteiger partial charge in [0.1, 0.15) is 0 Å². The van der Waals surface area contributed by atoms with Crippen molar-refractivity contribution in [2.24, 2.45) is 11.8 Å². The molecule has 0 saturated carbocycles. The molecule has 0 spiro atoms. The minimum absolute atomic E-state index is 0. The van der Waals surface area contributed by atoms with Crippen molar-refractivity contribution in [1.82, 2.24) is 15.5 Å². The molecule has 1 aromatic heterocycles. The van der Waals surface area contributed by atoms with E-state index < -0.39 is 0 Å². The molecule has 7 heteroatoms. The summed E-state index contributed by atoms with van der Waals surface area (Å²) in [5.41, 5.74) is 0. The van der Waals surface area contributed by atoms with Crippen LogP contribution < -0.4 is 10.6 Å². The van der Waals surface area contributed by atoms with Gasteiger partial charge < -0.3 is 15.4 Å². The highest BCUT2D eigenvalue weighted by atomic mass is 35.5. The number of thiophene rings is 1. The predicted octanol–water partition coefficient (Wildman–Crippen LogP) is 1.51. The zero-order valence-corrected chi connectivity index (χ0v) is 15.1. The quantitative estimate of drug-likeness (QED) is 0.837. The van der Waals surface area contributed by atoms with E-state index in [1.807, 2.05) is 0 Å². The van der Waals surface area contributed by atoms with Crippen molar-refractivity contribution < 1.29 is 9.53 Å². The molecule has 0 bridgehead atoms. The molecule has 2 aliphatic heterocycles. The van der Waals surface area contributed by atoms with Crippen LogP contribution in [0.15, 0.2) is 17.5 Å². The van der Waals surface area contributed by atoms with Gasteiger partial charge in [0.2, 0.25) is 5.91 Å². The Morgan fingerprint density at radius 3 is 2.87 bits per heavy atom. The van der Waals surface area contributed by atoms with Crippen molar-refractivity contribution in [3.05, 3.63) is 22.4 Å². The normalized spacial score (nSPS) is 26.5. The zero-order valence-electron chi connectivity index (χ0n) is 13.5. The van der Waals surface area contributed by atoms with Crippen LogP contribution in [0.2, 0.25) is 0 Å². The number of nitrogens with zero attached hydrogens (tertiary/aromatic N) is 1. The number of morpholine rings is 1. The van der Waals surface area contributed by atoms with E-state index in [4.69, 9.17) is 4.74 Å². The van der Waals surface area contributed by atoms with Gasteiger partial charge in [-0.1, -0.05) is 13.0 Å². The van der Waals surface area contributed by atoms with Gasteiger partial charge in [-0.05, 0) is 23.9 Å². The Labute approximate surface area is 148 Å². The summed E-state index contributed by atoms with van der Waals surface area (Å²) in [5.74, 6) is 0.713. The van der Waals surface area contributed by atoms with Gasteiger partial charge in [0.25, 0.3) is 0 Å². The molecule has 0 aliphatic carbocycles. The minimum atomic E-state index is 0. The van der Waals surface area contributed by atoms with Crippen LogP contribution in [-0.4, -0.2) is 56.7 Å². The summed E-state index contributed by atoms with van der Waals surface area (Å²) in [4.78, 5) is 16.2. The third-order valence-corrected chi connectivity index (χ3v) is 5.66. The van der Waals surface area contributed by atoms with Crippen molar-refractivity contribution in [2.45, 2.75) is 13.0 Å². The number of hydrogen-bond acceptors (Lipinski definition) is 5. The number of amides is 1. The molecule has 2 N–H and O–H groups in total. The lowest BCUT2D eigenvalue weighted by atomic mass is 9.97. The van der Waals surface area contributed by atoms with Crippen molar-refractivity contribution in [3.63, 3.8) is 0 Å². The highest BCUT2D eigenvalue weighted by molar-refractivity contribution is 7.10. The molecule has 3 rings (SSSR count). The fourth-order valence-corrected chi connectivity index (χ4v) is 4.13. The van der Waals surface area contributed by atoms with Crippen LogP contribution in [0.4, 0.5) is 0 Å². The number of carbonyl (C=O) groups is 1. The smallest absolute Gasteiger partial charge is 0.224 e. The molecule has 130 valence electrons. The second-order valence-corrected chi connectivity index (χ2v) is 7.15. The van der Waals surface area contributed by atoms with Crippen molar-refractivity contribution in [3.8, 4) is 0 Å². The van der Waals surface area contributed by atoms with Gasteiger partial charge in [-0.25, -0.2) is 0 Å². The Balaban J connectivity index is 0.00000192. The molecular weight excluding hydrogens is 334 g/mol. The first-order chi connectivity index (χ1) is 10.8. The van der Waals surface area contributed by atoms with Crippen LogP contribution in [-0.2, 0) is 9.53 Å². The van der Waals surface area contributed by atoms with Crippen LogP contribution >= 0.6 is 23.7 Å². The molecule has 3 atom stereocenters. The van der Waals surface area contributed by atoms with Gasteiger partial charge >= 0.3 is 0 Å². The van der Waals surface area contributed by atoms with Crippen LogP contribution in [0, 0.1) is 11.8 Å². The predicted molar refractivity (Wildman–Crippen MR) is 95.2 cm³/mol. The van der Waals surface area contributed by atoms with Crippen LogP contribution in [0.25, 0.3) is 0 Å². The average molecular weight is 360 g/mol. The van der Waals surface area contributed by atoms with E-state index in [-0.39, 0.29) is 30.3 Å². The number of nitrogens with one attached hydrogen (secondary N) is 2. The Kier molecular flexibility index (Phi) is 7.30. The van der Waals surface area contributed by atoms with Gasteiger partial charge in [-0.3, -0.25) is 9.69 Å². The van der Waals surface area contributed by atoms with Crippen LogP contribution in [0.3, 0.4) is 0 Å². The molecule has 3 heterocycles. The second kappa shape index (κ2) is 8.99. The van der Waals surface area contributed by atoms with E-state index in [9.17, 15) is 4.79 Å². The summed E-state index contributed by atoms with van der Waals surface area (Å²) in [6.07, 6.45) is 0. The zero-order chi connectivity index (χ0) is 15.4. The van der Waals surface area contributed by atoms with Gasteiger partial charge in [0.05, 0.1) is 25.2 Å². The van der Waals surface area contributed by atoms with E-state index in [0.29, 0.717) is 12.5 Å². The molecule has 2 aliphatic rings. The van der Waals surface area contributed by atoms with Gasteiger partial charge in [-0.2, -0.15) is 0 Å². The number of ether oxygens (including phenoxy) is 1. The third-order valence-electron chi connectivity index (χ3n) is 4.68. The maximum absolute atomic E-state index is 12.4. The summed E-state index contributed by atoms with van der Waals surface area (Å²) in [6, 6.07) is 4.51. The molecule has 1 unspecified atom stereocenters. The van der Waals surface area contributed by atoms with E-state index in [0.717, 1.165) is 39.4 Å². The SMILES string of the molecule is C[C@@H]1CNC[C@H]1C(=O)NCC(c1cccs1)N1CCOCC1.Cl. The lowest BCUT2D eigenvalue weighted by Gasteiger charge is -2.34. The number of hydrogen-bond donors (Lipinski definition) is 2. The van der Waals surface area contributed by atoms with Crippen molar-refractivity contribution in [1.29, 1.82) is 0 Å². The average Bonchev–Trinajstić information content (AvgIpc) is 3.20. The number of carbonyl (C=O) groups excluding carboxylic acids is 1. The molecule has 1 amide bonds. The highest BCUT2D eigenvalue weighted by Crippen LogP contribution is 2.25. The van der Waals surface area contributed by atoms with E-state index in [1.54, 1.807) is 11.3 Å². The fourth-order valence-electron chi connectivity index (χ4n) is 3.27. The van der Waals surface area contributed by atoms with E-state index in [1.165, 1.54) is 4.88 Å². The standard InChI is InChI=1S/C16H25N3O2S.ClH/c1-12-9-17-10-13(12)16(20)18-11-14(15-3-2-8-22-15)19-4-6-21-7-5-19;/h2-3,8,12-14,17H,4-7,9-11H2,1H3,(H,18,20);1H/t12-,13-,14?;/m1./s1. The maximum atomic E-state index is 12.4. The molecule has 2 saturated heterocycles. The van der Waals surface area contributed by atoms with Gasteiger partial charge in [0.15, 0.2) is 0 Å². The first-order valence-corrected chi connectivity index (χ1v) is 8.97. The van der Waals surface area contributed by atoms with Gasteiger partial charge in [0, 0.05) is 31.1 Å². The summed E-state index contributed by atoms with van der Waals surface area (Å²) in [5, 5.41) is 8.59. The molecule has 0 aromatic carbocycles. The number of rotatable bonds is 5. The molecule has 0 radical (unpaired) electrons. The second-order valence-electron chi connectivity index (χ2n) is 6.17. The Bertz CT molecular complexity index is 480. The van der Waals surface area contributed by atoms with Crippen molar-refractivity contribution in [2.75, 3.05) is 45.9 Å². The lowest BCUT2D eigenvalue weighted by Crippen LogP contribution is -2.45. The summed E-state index contributed by atoms with van der Waals surface area (Å²) in [6.45, 7) is 7.98. The fraction of sp³-hybridized carbons (Fsp3) is 0.688. The minimum Gasteiger partial charge on any atom is -0.379 e. The summed E-state index contributed by atoms with van der Waals surface area (Å²) >= 11 is 1.76. The van der Waals surface area contributed by atoms with Crippen LogP contribution in [0.5, 0.6) is 0 Å². The number of halogens is 1. The Morgan fingerprint density at radius 1 is 1.48 bits per heavy atom. The molecule has 2 fully saturated rings. The Hall–Kier alpha value is -0.660. The van der Waals surface area contributed by atoms with Crippen molar-refractivity contribution >= 4 is 29.7 Å². The lowest BCUT2D eigenvalue weighted by molar-refractivity contribution is -0.125.